The maximum Gasteiger partial charge on any atom is 0.269 e. The number of carbonyl (C=O) groups is 1. The topological polar surface area (TPSA) is 191 Å². The van der Waals surface area contributed by atoms with E-state index in [1.165, 1.54) is 0 Å². The van der Waals surface area contributed by atoms with Crippen LogP contribution in [0.1, 0.15) is 53.5 Å². The molecular weight excluding hydrogens is 925 g/mol. The highest BCUT2D eigenvalue weighted by molar-refractivity contribution is 5.96. The summed E-state index contributed by atoms with van der Waals surface area (Å²) in [5, 5.41) is 32.6. The number of anilines is 2. The van der Waals surface area contributed by atoms with E-state index in [1.54, 1.807) is 25.0 Å². The average Bonchev–Trinajstić information content (AvgIpc) is 3.41. The molecule has 0 saturated carbocycles. The predicted octanol–water partition coefficient (Wildman–Crippen LogP) is 5.72. The van der Waals surface area contributed by atoms with Crippen molar-refractivity contribution >= 4 is 39.1 Å². The molecule has 7 heterocycles. The Balaban J connectivity index is 0.670. The second-order valence-electron chi connectivity index (χ2n) is 19.8. The largest absolute Gasteiger partial charge is 0.497 e. The number of piperidine rings is 2. The summed E-state index contributed by atoms with van der Waals surface area (Å²) in [6, 6.07) is 29.3. The van der Waals surface area contributed by atoms with Crippen LogP contribution in [-0.2, 0) is 30.8 Å². The van der Waals surface area contributed by atoms with Gasteiger partial charge in [-0.05, 0) is 123 Å². The van der Waals surface area contributed by atoms with Crippen LogP contribution in [0.5, 0.6) is 28.7 Å². The van der Waals surface area contributed by atoms with Gasteiger partial charge in [0.05, 0.1) is 48.7 Å². The Bertz CT molecular complexity index is 3200. The number of carbonyl (C=O) groups excluding carboxylic acids is 1. The highest BCUT2D eigenvalue weighted by Gasteiger charge is 2.36. The first-order valence-corrected chi connectivity index (χ1v) is 25.4. The van der Waals surface area contributed by atoms with Gasteiger partial charge in [0, 0.05) is 80.9 Å². The summed E-state index contributed by atoms with van der Waals surface area (Å²) >= 11 is 0. The third kappa shape index (κ3) is 10.1. The first-order chi connectivity index (χ1) is 35.7. The van der Waals surface area contributed by atoms with Gasteiger partial charge in [0.2, 0.25) is 0 Å². The highest BCUT2D eigenvalue weighted by Crippen LogP contribution is 2.37. The minimum Gasteiger partial charge on any atom is -0.497 e. The lowest BCUT2D eigenvalue weighted by molar-refractivity contribution is -0.118. The van der Waals surface area contributed by atoms with E-state index in [2.05, 4.69) is 53.8 Å². The predicted molar refractivity (Wildman–Crippen MR) is 277 cm³/mol. The van der Waals surface area contributed by atoms with Crippen LogP contribution in [0, 0.1) is 22.7 Å². The van der Waals surface area contributed by atoms with Crippen molar-refractivity contribution in [1.29, 1.82) is 10.5 Å². The molecule has 11 rings (SSSR count). The standard InChI is InChI=1S/C56H60N10O7/c1-69-41-5-7-48-46(24-41)55(37(25-57)29-61-48)65-30-40(31-65)64-19-13-39(14-20-64)60-28-36-4-10-52-53(22-36)71-33-43(73-52)32-66-50-8-6-42(70-2)23-45(50)44(47(26-58)56(66)68)15-18-63-16-11-38(12-17-63)59-27-35-3-9-51-49(21-35)62-54(67)34-72-51/h3-10,21-24,29,38-40,43,59-60H,11-20,27-28,30-34H2,1-2H3,(H,62,67). The molecule has 0 bridgehead atoms. The van der Waals surface area contributed by atoms with Gasteiger partial charge < -0.3 is 54.0 Å². The second kappa shape index (κ2) is 21.0. The van der Waals surface area contributed by atoms with Gasteiger partial charge in [-0.2, -0.15) is 10.5 Å². The van der Waals surface area contributed by atoms with Gasteiger partial charge in [-0.25, -0.2) is 0 Å². The molecule has 2 aromatic heterocycles. The van der Waals surface area contributed by atoms with Crippen molar-refractivity contribution in [3.8, 4) is 40.9 Å². The van der Waals surface area contributed by atoms with E-state index in [0.717, 1.165) is 115 Å². The van der Waals surface area contributed by atoms with Crippen molar-refractivity contribution in [1.82, 2.24) is 30.0 Å². The van der Waals surface area contributed by atoms with Crippen molar-refractivity contribution in [3.05, 3.63) is 117 Å². The van der Waals surface area contributed by atoms with Crippen molar-refractivity contribution < 1.29 is 28.5 Å². The fraction of sp³-hybridized carbons (Fsp3) is 0.411. The molecule has 73 heavy (non-hydrogen) atoms. The smallest absolute Gasteiger partial charge is 0.269 e. The first-order valence-electron chi connectivity index (χ1n) is 25.4. The summed E-state index contributed by atoms with van der Waals surface area (Å²) in [7, 11) is 3.27. The molecule has 17 heteroatoms. The number of ether oxygens (including phenoxy) is 5. The number of amides is 1. The normalized spacial score (nSPS) is 18.6. The van der Waals surface area contributed by atoms with Gasteiger partial charge in [0.25, 0.3) is 11.5 Å². The van der Waals surface area contributed by atoms with E-state index in [4.69, 9.17) is 23.7 Å². The van der Waals surface area contributed by atoms with Crippen molar-refractivity contribution in [2.75, 3.05) is 83.5 Å². The SMILES string of the molecule is COc1ccc2ncc(C#N)c(N3CC(N4CCC(NCc5ccc6c(c5)OCC(Cn5c(=O)c(C#N)c(CCN7CCC(NCc8ccc9c(c8)NC(=O)CO9)CC7)c7cc(OC)ccc75)O6)CC4)C3)c2c1. The summed E-state index contributed by atoms with van der Waals surface area (Å²) in [4.78, 5) is 37.9. The molecule has 3 saturated heterocycles. The number of likely N-dealkylation sites (tertiary alicyclic amines) is 2. The van der Waals surface area contributed by atoms with Crippen molar-refractivity contribution in [3.63, 3.8) is 0 Å². The quantitative estimate of drug-likeness (QED) is 0.113. The van der Waals surface area contributed by atoms with E-state index < -0.39 is 6.10 Å². The number of rotatable bonds is 15. The minimum absolute atomic E-state index is 0.0409. The molecule has 0 spiro atoms. The lowest BCUT2D eigenvalue weighted by Crippen LogP contribution is -2.62. The number of nitriles is 2. The lowest BCUT2D eigenvalue weighted by Gasteiger charge is -2.49. The van der Waals surface area contributed by atoms with Crippen molar-refractivity contribution in [2.45, 2.75) is 76.0 Å². The maximum atomic E-state index is 14.3. The molecule has 6 aromatic rings. The van der Waals surface area contributed by atoms with Crippen LogP contribution in [-0.4, -0.2) is 123 Å². The van der Waals surface area contributed by atoms with Crippen LogP contribution in [0.15, 0.2) is 83.8 Å². The number of nitrogens with zero attached hydrogens (tertiary/aromatic N) is 7. The van der Waals surface area contributed by atoms with Crippen LogP contribution >= 0.6 is 0 Å². The van der Waals surface area contributed by atoms with Gasteiger partial charge in [0.1, 0.15) is 41.6 Å². The number of benzene rings is 4. The molecule has 1 amide bonds. The zero-order valence-corrected chi connectivity index (χ0v) is 41.3. The number of fused-ring (bicyclic) bond motifs is 4. The third-order valence-corrected chi connectivity index (χ3v) is 15.3. The Kier molecular flexibility index (Phi) is 13.8. The lowest BCUT2D eigenvalue weighted by atomic mass is 9.97. The number of methoxy groups -OCH3 is 2. The average molecular weight is 985 g/mol. The molecule has 17 nitrogen and oxygen atoms in total. The molecule has 1 unspecified atom stereocenters. The Morgan fingerprint density at radius 2 is 1.48 bits per heavy atom. The second-order valence-corrected chi connectivity index (χ2v) is 19.8. The summed E-state index contributed by atoms with van der Waals surface area (Å²) in [6.45, 7) is 8.16. The zero-order chi connectivity index (χ0) is 50.0. The number of nitrogens with one attached hydrogen (secondary N) is 3. The Hall–Kier alpha value is -7.41. The molecule has 3 fully saturated rings. The monoisotopic (exact) mass is 984 g/mol. The zero-order valence-electron chi connectivity index (χ0n) is 41.3. The molecule has 1 atom stereocenters. The molecule has 376 valence electrons. The molecule has 0 radical (unpaired) electrons. The molecule has 3 N–H and O–H groups in total. The van der Waals surface area contributed by atoms with Gasteiger partial charge in [-0.15, -0.1) is 0 Å². The van der Waals surface area contributed by atoms with E-state index in [0.29, 0.717) is 78.4 Å². The van der Waals surface area contributed by atoms with Gasteiger partial charge in [-0.1, -0.05) is 12.1 Å². The molecule has 4 aromatic carbocycles. The van der Waals surface area contributed by atoms with E-state index >= 15 is 0 Å². The summed E-state index contributed by atoms with van der Waals surface area (Å²) < 4.78 is 31.1. The van der Waals surface area contributed by atoms with Crippen molar-refractivity contribution in [2.24, 2.45) is 0 Å². The number of hydrogen-bond acceptors (Lipinski definition) is 15. The maximum absolute atomic E-state index is 14.3. The molecular formula is C56H60N10O7. The summed E-state index contributed by atoms with van der Waals surface area (Å²) in [6.07, 6.45) is 5.80. The fourth-order valence-corrected chi connectivity index (χ4v) is 11.2. The number of aromatic nitrogens is 2. The van der Waals surface area contributed by atoms with E-state index in [1.807, 2.05) is 66.7 Å². The van der Waals surface area contributed by atoms with Crippen LogP contribution in [0.2, 0.25) is 0 Å². The van der Waals surface area contributed by atoms with E-state index in [-0.39, 0.29) is 36.8 Å². The first kappa shape index (κ1) is 47.9. The summed E-state index contributed by atoms with van der Waals surface area (Å²) in [5.74, 6) is 3.26. The number of pyridine rings is 2. The fourth-order valence-electron chi connectivity index (χ4n) is 11.2. The van der Waals surface area contributed by atoms with Crippen LogP contribution in [0.25, 0.3) is 21.8 Å². The third-order valence-electron chi connectivity index (χ3n) is 15.3. The summed E-state index contributed by atoms with van der Waals surface area (Å²) in [5.41, 5.74) is 6.55. The van der Waals surface area contributed by atoms with Gasteiger partial charge >= 0.3 is 0 Å². The van der Waals surface area contributed by atoms with E-state index in [9.17, 15) is 20.1 Å². The Morgan fingerprint density at radius 1 is 0.781 bits per heavy atom. The van der Waals surface area contributed by atoms with Crippen LogP contribution in [0.3, 0.4) is 0 Å². The minimum atomic E-state index is -0.456. The Morgan fingerprint density at radius 3 is 2.21 bits per heavy atom. The molecule has 5 aliphatic rings. The molecule has 5 aliphatic heterocycles. The Labute approximate surface area is 424 Å². The molecule has 0 aliphatic carbocycles. The van der Waals surface area contributed by atoms with Gasteiger partial charge in [-0.3, -0.25) is 19.5 Å². The van der Waals surface area contributed by atoms with Crippen LogP contribution in [0.4, 0.5) is 11.4 Å². The number of hydrogen-bond donors (Lipinski definition) is 3. The van der Waals surface area contributed by atoms with Crippen LogP contribution < -0.4 is 50.1 Å². The van der Waals surface area contributed by atoms with Gasteiger partial charge in [0.15, 0.2) is 24.2 Å². The highest BCUT2D eigenvalue weighted by atomic mass is 16.6.